The van der Waals surface area contributed by atoms with Crippen LogP contribution >= 0.6 is 0 Å². The minimum atomic E-state index is 0.265. The molecule has 1 aliphatic heterocycles. The monoisotopic (exact) mass is 220 g/mol. The number of nitrogens with zero attached hydrogens (tertiary/aromatic N) is 1. The Kier molecular flexibility index (Phi) is 3.46. The Morgan fingerprint density at radius 1 is 1.50 bits per heavy atom. The van der Waals surface area contributed by atoms with Gasteiger partial charge in [-0.15, -0.1) is 0 Å². The Labute approximate surface area is 96.9 Å². The number of hydrogen-bond acceptors (Lipinski definition) is 3. The molecule has 1 atom stereocenters. The van der Waals surface area contributed by atoms with Crippen molar-refractivity contribution in [2.45, 2.75) is 32.4 Å². The van der Waals surface area contributed by atoms with Crippen LogP contribution in [0.2, 0.25) is 0 Å². The number of nitrogen functional groups attached to an aromatic ring is 1. The Morgan fingerprint density at radius 3 is 3.06 bits per heavy atom. The number of anilines is 1. The third-order valence-corrected chi connectivity index (χ3v) is 3.57. The van der Waals surface area contributed by atoms with Crippen LogP contribution in [0.15, 0.2) is 18.2 Å². The van der Waals surface area contributed by atoms with E-state index < -0.39 is 0 Å². The molecule has 0 saturated carbocycles. The van der Waals surface area contributed by atoms with Crippen LogP contribution in [0.5, 0.6) is 0 Å². The Morgan fingerprint density at radius 2 is 2.31 bits per heavy atom. The van der Waals surface area contributed by atoms with Gasteiger partial charge in [0.05, 0.1) is 6.61 Å². The lowest BCUT2D eigenvalue weighted by atomic mass is 10.1. The molecule has 0 bridgehead atoms. The van der Waals surface area contributed by atoms with Gasteiger partial charge in [0.1, 0.15) is 0 Å². The Balaban J connectivity index is 2.11. The summed E-state index contributed by atoms with van der Waals surface area (Å²) in [7, 11) is 0. The van der Waals surface area contributed by atoms with Gasteiger partial charge in [-0.2, -0.15) is 0 Å². The van der Waals surface area contributed by atoms with Crippen LogP contribution in [0.3, 0.4) is 0 Å². The minimum absolute atomic E-state index is 0.265. The molecule has 3 nitrogen and oxygen atoms in total. The van der Waals surface area contributed by atoms with Crippen LogP contribution in [0.1, 0.15) is 24.0 Å². The molecule has 1 saturated heterocycles. The molecule has 0 radical (unpaired) electrons. The third-order valence-electron chi connectivity index (χ3n) is 3.57. The van der Waals surface area contributed by atoms with E-state index in [0.717, 1.165) is 25.2 Å². The van der Waals surface area contributed by atoms with E-state index in [0.29, 0.717) is 6.04 Å². The van der Waals surface area contributed by atoms with Gasteiger partial charge in [0.25, 0.3) is 0 Å². The second kappa shape index (κ2) is 4.85. The van der Waals surface area contributed by atoms with Crippen molar-refractivity contribution in [2.75, 3.05) is 18.9 Å². The van der Waals surface area contributed by atoms with Crippen LogP contribution in [0, 0.1) is 6.92 Å². The van der Waals surface area contributed by atoms with Gasteiger partial charge in [0.15, 0.2) is 0 Å². The summed E-state index contributed by atoms with van der Waals surface area (Å²) >= 11 is 0. The molecule has 88 valence electrons. The summed E-state index contributed by atoms with van der Waals surface area (Å²) in [6.45, 7) is 4.32. The lowest BCUT2D eigenvalue weighted by Gasteiger charge is -2.23. The van der Waals surface area contributed by atoms with Gasteiger partial charge in [-0.25, -0.2) is 0 Å². The van der Waals surface area contributed by atoms with Crippen LogP contribution in [-0.4, -0.2) is 29.2 Å². The zero-order valence-electron chi connectivity index (χ0n) is 9.82. The summed E-state index contributed by atoms with van der Waals surface area (Å²) < 4.78 is 0. The second-order valence-electron chi connectivity index (χ2n) is 4.58. The van der Waals surface area contributed by atoms with E-state index in [-0.39, 0.29) is 6.61 Å². The van der Waals surface area contributed by atoms with Crippen molar-refractivity contribution in [3.05, 3.63) is 29.3 Å². The van der Waals surface area contributed by atoms with E-state index in [2.05, 4.69) is 17.9 Å². The first-order valence-corrected chi connectivity index (χ1v) is 5.91. The molecule has 0 aliphatic carbocycles. The normalized spacial score (nSPS) is 21.5. The molecule has 16 heavy (non-hydrogen) atoms. The second-order valence-corrected chi connectivity index (χ2v) is 4.58. The van der Waals surface area contributed by atoms with Crippen LogP contribution in [0.25, 0.3) is 0 Å². The zero-order valence-corrected chi connectivity index (χ0v) is 9.82. The lowest BCUT2D eigenvalue weighted by Crippen LogP contribution is -2.31. The van der Waals surface area contributed by atoms with E-state index >= 15 is 0 Å². The summed E-state index contributed by atoms with van der Waals surface area (Å²) in [5.41, 5.74) is 9.20. The van der Waals surface area contributed by atoms with Gasteiger partial charge >= 0.3 is 0 Å². The van der Waals surface area contributed by atoms with Gasteiger partial charge in [-0.1, -0.05) is 12.1 Å². The van der Waals surface area contributed by atoms with E-state index in [1.54, 1.807) is 0 Å². The summed E-state index contributed by atoms with van der Waals surface area (Å²) in [6.07, 6.45) is 2.30. The number of aliphatic hydroxyl groups is 1. The van der Waals surface area contributed by atoms with Crippen molar-refractivity contribution in [1.29, 1.82) is 0 Å². The average molecular weight is 220 g/mol. The van der Waals surface area contributed by atoms with Crippen molar-refractivity contribution >= 4 is 5.69 Å². The zero-order chi connectivity index (χ0) is 11.5. The number of aliphatic hydroxyl groups excluding tert-OH is 1. The van der Waals surface area contributed by atoms with Gasteiger partial charge in [0.2, 0.25) is 0 Å². The van der Waals surface area contributed by atoms with Gasteiger partial charge in [-0.05, 0) is 43.5 Å². The first-order valence-electron chi connectivity index (χ1n) is 5.91. The van der Waals surface area contributed by atoms with Gasteiger partial charge in [0, 0.05) is 18.3 Å². The first kappa shape index (κ1) is 11.4. The van der Waals surface area contributed by atoms with Crippen molar-refractivity contribution in [3.8, 4) is 0 Å². The first-order chi connectivity index (χ1) is 7.72. The van der Waals surface area contributed by atoms with Crippen molar-refractivity contribution in [1.82, 2.24) is 4.90 Å². The predicted octanol–water partition coefficient (Wildman–Crippen LogP) is 1.53. The fourth-order valence-electron chi connectivity index (χ4n) is 2.40. The SMILES string of the molecule is Cc1c(N)cccc1CN1CCCC1CO. The molecule has 3 heteroatoms. The van der Waals surface area contributed by atoms with Crippen molar-refractivity contribution in [2.24, 2.45) is 0 Å². The molecule has 2 rings (SSSR count). The molecular weight excluding hydrogens is 200 g/mol. The van der Waals surface area contributed by atoms with Gasteiger partial charge < -0.3 is 10.8 Å². The molecule has 0 spiro atoms. The Bertz CT molecular complexity index is 365. The number of rotatable bonds is 3. The highest BCUT2D eigenvalue weighted by Crippen LogP contribution is 2.23. The number of hydrogen-bond donors (Lipinski definition) is 2. The highest BCUT2D eigenvalue weighted by molar-refractivity contribution is 5.49. The molecular formula is C13H20N2O. The quantitative estimate of drug-likeness (QED) is 0.760. The molecule has 1 aliphatic rings. The maximum Gasteiger partial charge on any atom is 0.0587 e. The highest BCUT2D eigenvalue weighted by atomic mass is 16.3. The van der Waals surface area contributed by atoms with Crippen LogP contribution < -0.4 is 5.73 Å². The minimum Gasteiger partial charge on any atom is -0.399 e. The standard InChI is InChI=1S/C13H20N2O/c1-10-11(4-2-6-13(10)14)8-15-7-3-5-12(15)9-16/h2,4,6,12,16H,3,5,7-9,14H2,1H3. The number of benzene rings is 1. The molecule has 1 fully saturated rings. The largest absolute Gasteiger partial charge is 0.399 e. The lowest BCUT2D eigenvalue weighted by molar-refractivity contribution is 0.153. The van der Waals surface area contributed by atoms with Gasteiger partial charge in [-0.3, -0.25) is 4.90 Å². The van der Waals surface area contributed by atoms with Crippen molar-refractivity contribution < 1.29 is 5.11 Å². The summed E-state index contributed by atoms with van der Waals surface area (Å²) in [4.78, 5) is 2.35. The predicted molar refractivity (Wildman–Crippen MR) is 66.1 cm³/mol. The Hall–Kier alpha value is -1.06. The third kappa shape index (κ3) is 2.20. The molecule has 0 amide bonds. The topological polar surface area (TPSA) is 49.5 Å². The summed E-state index contributed by atoms with van der Waals surface area (Å²) in [5.74, 6) is 0. The highest BCUT2D eigenvalue weighted by Gasteiger charge is 2.23. The molecule has 1 heterocycles. The van der Waals surface area contributed by atoms with E-state index in [4.69, 9.17) is 5.73 Å². The molecule has 3 N–H and O–H groups in total. The fraction of sp³-hybridized carbons (Fsp3) is 0.538. The van der Waals surface area contributed by atoms with Crippen LogP contribution in [-0.2, 0) is 6.54 Å². The molecule has 0 aromatic heterocycles. The molecule has 1 unspecified atom stereocenters. The molecule has 1 aromatic carbocycles. The number of likely N-dealkylation sites (tertiary alicyclic amines) is 1. The van der Waals surface area contributed by atoms with E-state index in [9.17, 15) is 5.11 Å². The summed E-state index contributed by atoms with van der Waals surface area (Å²) in [6, 6.07) is 6.40. The van der Waals surface area contributed by atoms with Crippen LogP contribution in [0.4, 0.5) is 5.69 Å². The fourth-order valence-corrected chi connectivity index (χ4v) is 2.40. The maximum absolute atomic E-state index is 9.27. The maximum atomic E-state index is 9.27. The smallest absolute Gasteiger partial charge is 0.0587 e. The average Bonchev–Trinajstić information content (AvgIpc) is 2.72. The summed E-state index contributed by atoms with van der Waals surface area (Å²) in [5, 5.41) is 9.27. The number of nitrogens with two attached hydrogens (primary N) is 1. The van der Waals surface area contributed by atoms with Crippen molar-refractivity contribution in [3.63, 3.8) is 0 Å². The van der Waals surface area contributed by atoms with E-state index in [1.807, 2.05) is 12.1 Å². The van der Waals surface area contributed by atoms with E-state index in [1.165, 1.54) is 17.5 Å². The molecule has 1 aromatic rings.